The van der Waals surface area contributed by atoms with Crippen LogP contribution in [0.4, 0.5) is 5.69 Å². The van der Waals surface area contributed by atoms with Gasteiger partial charge in [-0.25, -0.2) is 0 Å². The maximum atomic E-state index is 12.8. The second-order valence-electron chi connectivity index (χ2n) is 5.69. The minimum atomic E-state index is -0.814. The average Bonchev–Trinajstić information content (AvgIpc) is 2.54. The summed E-state index contributed by atoms with van der Waals surface area (Å²) >= 11 is -0.814. The summed E-state index contributed by atoms with van der Waals surface area (Å²) in [5.74, 6) is 0.428. The molecule has 0 aliphatic carbocycles. The first-order chi connectivity index (χ1) is 11.0. The molecule has 1 aromatic rings. The van der Waals surface area contributed by atoms with Crippen LogP contribution >= 0.6 is 0 Å². The molecule has 0 N–H and O–H groups in total. The standard InChI is InChI=1S/C17H23NO4S/c1-3-22-16(19)12-18(15-6-4-13(2)5-7-15)17(20)14-8-10-23(21)11-9-14/h4-7,14H,3,8-12H2,1-2H3. The number of anilines is 1. The van der Waals surface area contributed by atoms with Crippen LogP contribution in [0, 0.1) is 12.8 Å². The maximum Gasteiger partial charge on any atom is 0.326 e. The summed E-state index contributed by atoms with van der Waals surface area (Å²) < 4.78 is 16.5. The van der Waals surface area contributed by atoms with Crippen molar-refractivity contribution in [2.24, 2.45) is 5.92 Å². The molecular weight excluding hydrogens is 314 g/mol. The molecule has 0 aromatic heterocycles. The van der Waals surface area contributed by atoms with Gasteiger partial charge in [-0.3, -0.25) is 9.59 Å². The molecule has 0 bridgehead atoms. The number of ether oxygens (including phenoxy) is 1. The predicted octanol–water partition coefficient (Wildman–Crippen LogP) is 2.05. The highest BCUT2D eigenvalue weighted by Crippen LogP contribution is 2.25. The third kappa shape index (κ3) is 4.97. The Morgan fingerprint density at radius 2 is 1.87 bits per heavy atom. The van der Waals surface area contributed by atoms with Gasteiger partial charge in [0.2, 0.25) is 5.91 Å². The monoisotopic (exact) mass is 337 g/mol. The van der Waals surface area contributed by atoms with E-state index in [1.165, 1.54) is 4.90 Å². The molecule has 23 heavy (non-hydrogen) atoms. The van der Waals surface area contributed by atoms with E-state index in [0.29, 0.717) is 30.0 Å². The normalized spacial score (nSPS) is 20.8. The van der Waals surface area contributed by atoms with E-state index >= 15 is 0 Å². The van der Waals surface area contributed by atoms with E-state index in [0.717, 1.165) is 5.56 Å². The van der Waals surface area contributed by atoms with Crippen LogP contribution in [0.15, 0.2) is 24.3 Å². The molecule has 1 amide bonds. The van der Waals surface area contributed by atoms with Gasteiger partial charge in [-0.2, -0.15) is 0 Å². The number of benzene rings is 1. The summed E-state index contributed by atoms with van der Waals surface area (Å²) in [5, 5.41) is 0. The molecule has 0 radical (unpaired) electrons. The summed E-state index contributed by atoms with van der Waals surface area (Å²) in [7, 11) is 0. The third-order valence-electron chi connectivity index (χ3n) is 3.94. The number of hydrogen-bond donors (Lipinski definition) is 0. The summed E-state index contributed by atoms with van der Waals surface area (Å²) in [6.07, 6.45) is 1.22. The van der Waals surface area contributed by atoms with Crippen molar-refractivity contribution in [2.45, 2.75) is 26.7 Å². The van der Waals surface area contributed by atoms with E-state index in [1.807, 2.05) is 31.2 Å². The van der Waals surface area contributed by atoms with Crippen LogP contribution in [0.25, 0.3) is 0 Å². The lowest BCUT2D eigenvalue weighted by Crippen LogP contribution is -2.42. The zero-order valence-corrected chi connectivity index (χ0v) is 14.4. The number of hydrogen-bond acceptors (Lipinski definition) is 4. The van der Waals surface area contributed by atoms with Gasteiger partial charge < -0.3 is 14.2 Å². The zero-order chi connectivity index (χ0) is 16.8. The number of aryl methyl sites for hydroxylation is 1. The second-order valence-corrected chi connectivity index (χ2v) is 7.38. The molecule has 126 valence electrons. The van der Waals surface area contributed by atoms with E-state index in [-0.39, 0.29) is 25.0 Å². The van der Waals surface area contributed by atoms with Gasteiger partial charge >= 0.3 is 5.97 Å². The number of carbonyl (C=O) groups is 2. The van der Waals surface area contributed by atoms with E-state index in [1.54, 1.807) is 6.92 Å². The molecule has 5 nitrogen and oxygen atoms in total. The number of nitrogens with zero attached hydrogens (tertiary/aromatic N) is 1. The predicted molar refractivity (Wildman–Crippen MR) is 90.8 cm³/mol. The second kappa shape index (κ2) is 8.36. The van der Waals surface area contributed by atoms with Crippen molar-refractivity contribution in [1.82, 2.24) is 0 Å². The summed E-state index contributed by atoms with van der Waals surface area (Å²) in [5.41, 5.74) is 1.78. The van der Waals surface area contributed by atoms with Gasteiger partial charge in [0.25, 0.3) is 0 Å². The highest BCUT2D eigenvalue weighted by molar-refractivity contribution is 7.91. The molecule has 0 atom stereocenters. The Morgan fingerprint density at radius 3 is 2.43 bits per heavy atom. The minimum Gasteiger partial charge on any atom is -0.616 e. The molecule has 1 aliphatic heterocycles. The van der Waals surface area contributed by atoms with Gasteiger partial charge in [-0.05, 0) is 26.0 Å². The van der Waals surface area contributed by atoms with Gasteiger partial charge in [0.1, 0.15) is 18.1 Å². The van der Waals surface area contributed by atoms with Crippen LogP contribution in [-0.4, -0.2) is 41.1 Å². The molecule has 1 aromatic carbocycles. The van der Waals surface area contributed by atoms with Gasteiger partial charge in [-0.15, -0.1) is 0 Å². The van der Waals surface area contributed by atoms with Crippen LogP contribution in [0.1, 0.15) is 25.3 Å². The minimum absolute atomic E-state index is 0.0846. The first-order valence-corrected chi connectivity index (χ1v) is 9.38. The van der Waals surface area contributed by atoms with Gasteiger partial charge in [0, 0.05) is 24.4 Å². The average molecular weight is 337 g/mol. The highest BCUT2D eigenvalue weighted by Gasteiger charge is 2.32. The van der Waals surface area contributed by atoms with Crippen molar-refractivity contribution in [1.29, 1.82) is 0 Å². The Bertz CT molecular complexity index is 538. The fourth-order valence-corrected chi connectivity index (χ4v) is 3.92. The SMILES string of the molecule is CCOC(=O)CN(C(=O)C1CC[S+]([O-])CC1)c1ccc(C)cc1. The Hall–Kier alpha value is -1.53. The van der Waals surface area contributed by atoms with E-state index in [2.05, 4.69) is 0 Å². The fraction of sp³-hybridized carbons (Fsp3) is 0.529. The van der Waals surface area contributed by atoms with Crippen molar-refractivity contribution in [3.05, 3.63) is 29.8 Å². The Kier molecular flexibility index (Phi) is 6.47. The molecule has 6 heteroatoms. The van der Waals surface area contributed by atoms with Crippen molar-refractivity contribution >= 4 is 28.7 Å². The quantitative estimate of drug-likeness (QED) is 0.609. The molecule has 1 saturated heterocycles. The van der Waals surface area contributed by atoms with E-state index in [4.69, 9.17) is 4.74 Å². The van der Waals surface area contributed by atoms with Crippen LogP contribution in [0.5, 0.6) is 0 Å². The van der Waals surface area contributed by atoms with Crippen LogP contribution in [-0.2, 0) is 25.5 Å². The summed E-state index contributed by atoms with van der Waals surface area (Å²) in [6.45, 7) is 3.91. The van der Waals surface area contributed by atoms with Crippen molar-refractivity contribution in [3.8, 4) is 0 Å². The van der Waals surface area contributed by atoms with Crippen LogP contribution in [0.2, 0.25) is 0 Å². The maximum absolute atomic E-state index is 12.8. The third-order valence-corrected chi connectivity index (χ3v) is 5.32. The van der Waals surface area contributed by atoms with Gasteiger partial charge in [-0.1, -0.05) is 28.9 Å². The van der Waals surface area contributed by atoms with Crippen molar-refractivity contribution < 1.29 is 18.9 Å². The number of rotatable bonds is 5. The van der Waals surface area contributed by atoms with Crippen molar-refractivity contribution in [3.63, 3.8) is 0 Å². The lowest BCUT2D eigenvalue weighted by molar-refractivity contribution is -0.142. The lowest BCUT2D eigenvalue weighted by atomic mass is 10.0. The molecule has 0 spiro atoms. The summed E-state index contributed by atoms with van der Waals surface area (Å²) in [6, 6.07) is 7.51. The molecule has 1 heterocycles. The molecule has 1 fully saturated rings. The molecule has 1 aliphatic rings. The van der Waals surface area contributed by atoms with E-state index < -0.39 is 17.1 Å². The smallest absolute Gasteiger partial charge is 0.326 e. The Morgan fingerprint density at radius 1 is 1.26 bits per heavy atom. The first kappa shape index (κ1) is 17.8. The molecule has 0 saturated carbocycles. The van der Waals surface area contributed by atoms with Gasteiger partial charge in [0.05, 0.1) is 6.61 Å². The largest absolute Gasteiger partial charge is 0.616 e. The topological polar surface area (TPSA) is 69.7 Å². The van der Waals surface area contributed by atoms with Gasteiger partial charge in [0.15, 0.2) is 0 Å². The number of amides is 1. The van der Waals surface area contributed by atoms with E-state index in [9.17, 15) is 14.1 Å². The Balaban J connectivity index is 2.16. The van der Waals surface area contributed by atoms with Crippen molar-refractivity contribution in [2.75, 3.05) is 29.6 Å². The zero-order valence-electron chi connectivity index (χ0n) is 13.6. The number of carbonyl (C=O) groups excluding carboxylic acids is 2. The van der Waals surface area contributed by atoms with Crippen LogP contribution < -0.4 is 4.90 Å². The fourth-order valence-electron chi connectivity index (χ4n) is 2.62. The molecular formula is C17H23NO4S. The molecule has 2 rings (SSSR count). The highest BCUT2D eigenvalue weighted by atomic mass is 32.2. The molecule has 0 unspecified atom stereocenters. The number of esters is 1. The first-order valence-electron chi connectivity index (χ1n) is 7.90. The Labute approximate surface area is 140 Å². The lowest BCUT2D eigenvalue weighted by Gasteiger charge is -2.29. The summed E-state index contributed by atoms with van der Waals surface area (Å²) in [4.78, 5) is 26.2. The van der Waals surface area contributed by atoms with Crippen LogP contribution in [0.3, 0.4) is 0 Å².